The molecule has 0 amide bonds. The molecule has 0 aliphatic heterocycles. The maximum Gasteiger partial charge on any atom is 0.165 e. The maximum atomic E-state index is 13.7. The van der Waals surface area contributed by atoms with Gasteiger partial charge in [-0.15, -0.1) is 0 Å². The molecule has 1 unspecified atom stereocenters. The molecule has 0 saturated heterocycles. The van der Waals surface area contributed by atoms with E-state index in [4.69, 9.17) is 4.74 Å². The van der Waals surface area contributed by atoms with Crippen LogP contribution in [-0.2, 0) is 0 Å². The van der Waals surface area contributed by atoms with Crippen LogP contribution in [0.3, 0.4) is 0 Å². The summed E-state index contributed by atoms with van der Waals surface area (Å²) < 4.78 is 20.5. The molecule has 5 heteroatoms. The van der Waals surface area contributed by atoms with Crippen LogP contribution in [0.5, 0.6) is 5.75 Å². The van der Waals surface area contributed by atoms with Gasteiger partial charge in [-0.1, -0.05) is 6.07 Å². The van der Waals surface area contributed by atoms with Gasteiger partial charge in [-0.3, -0.25) is 0 Å². The van der Waals surface area contributed by atoms with Crippen molar-refractivity contribution >= 4 is 0 Å². The van der Waals surface area contributed by atoms with Gasteiger partial charge in [0.25, 0.3) is 0 Å². The summed E-state index contributed by atoms with van der Waals surface area (Å²) in [7, 11) is 1.41. The summed E-state index contributed by atoms with van der Waals surface area (Å²) >= 11 is 0. The largest absolute Gasteiger partial charge is 0.494 e. The molecule has 1 saturated carbocycles. The van der Waals surface area contributed by atoms with E-state index in [0.717, 1.165) is 12.8 Å². The van der Waals surface area contributed by atoms with Crippen molar-refractivity contribution in [1.29, 1.82) is 0 Å². The molecular formula is C14H15FN2O2. The number of aliphatic hydroxyl groups excluding tert-OH is 1. The zero-order valence-electron chi connectivity index (χ0n) is 10.6. The van der Waals surface area contributed by atoms with E-state index in [1.165, 1.54) is 19.2 Å². The highest BCUT2D eigenvalue weighted by molar-refractivity contribution is 5.33. The molecule has 1 heterocycles. The lowest BCUT2D eigenvalue weighted by Gasteiger charge is -2.14. The maximum absolute atomic E-state index is 13.7. The Labute approximate surface area is 110 Å². The Balaban J connectivity index is 1.92. The van der Waals surface area contributed by atoms with Crippen molar-refractivity contribution in [3.8, 4) is 5.75 Å². The first kappa shape index (κ1) is 12.2. The number of benzene rings is 1. The number of aliphatic hydroxyl groups is 1. The van der Waals surface area contributed by atoms with E-state index in [9.17, 15) is 9.50 Å². The first-order valence-corrected chi connectivity index (χ1v) is 6.24. The Hall–Kier alpha value is -1.88. The van der Waals surface area contributed by atoms with Crippen LogP contribution in [0.4, 0.5) is 4.39 Å². The van der Waals surface area contributed by atoms with Crippen LogP contribution in [0, 0.1) is 5.82 Å². The van der Waals surface area contributed by atoms with Gasteiger partial charge >= 0.3 is 0 Å². The molecule has 1 aliphatic rings. The smallest absolute Gasteiger partial charge is 0.165 e. The van der Waals surface area contributed by atoms with E-state index in [2.05, 4.69) is 4.98 Å². The lowest BCUT2D eigenvalue weighted by Crippen LogP contribution is -2.07. The molecule has 2 aromatic rings. The SMILES string of the molecule is COc1ccc(C(O)c2cncn2C2CC2)cc1F. The topological polar surface area (TPSA) is 47.3 Å². The van der Waals surface area contributed by atoms with Crippen LogP contribution in [0.2, 0.25) is 0 Å². The Kier molecular flexibility index (Phi) is 2.98. The molecule has 19 heavy (non-hydrogen) atoms. The van der Waals surface area contributed by atoms with Gasteiger partial charge in [0.1, 0.15) is 6.10 Å². The molecule has 1 N–H and O–H groups in total. The quantitative estimate of drug-likeness (QED) is 0.920. The van der Waals surface area contributed by atoms with Crippen LogP contribution in [0.15, 0.2) is 30.7 Å². The van der Waals surface area contributed by atoms with E-state index in [0.29, 0.717) is 17.3 Å². The number of nitrogens with zero attached hydrogens (tertiary/aromatic N) is 2. The minimum Gasteiger partial charge on any atom is -0.494 e. The third kappa shape index (κ3) is 2.21. The highest BCUT2D eigenvalue weighted by Gasteiger charge is 2.28. The van der Waals surface area contributed by atoms with Crippen molar-refractivity contribution in [1.82, 2.24) is 9.55 Å². The second-order valence-corrected chi connectivity index (χ2v) is 4.75. The van der Waals surface area contributed by atoms with Gasteiger partial charge in [-0.05, 0) is 30.5 Å². The van der Waals surface area contributed by atoms with Gasteiger partial charge < -0.3 is 14.4 Å². The van der Waals surface area contributed by atoms with Gasteiger partial charge in [0.15, 0.2) is 11.6 Å². The molecule has 1 aromatic heterocycles. The molecule has 0 spiro atoms. The highest BCUT2D eigenvalue weighted by Crippen LogP contribution is 2.38. The summed E-state index contributed by atoms with van der Waals surface area (Å²) in [5.74, 6) is -0.303. The van der Waals surface area contributed by atoms with Gasteiger partial charge in [-0.2, -0.15) is 0 Å². The second-order valence-electron chi connectivity index (χ2n) is 4.75. The predicted molar refractivity (Wildman–Crippen MR) is 67.5 cm³/mol. The molecule has 1 aliphatic carbocycles. The normalized spacial score (nSPS) is 16.4. The average molecular weight is 262 g/mol. The Morgan fingerprint density at radius 1 is 1.47 bits per heavy atom. The summed E-state index contributed by atoms with van der Waals surface area (Å²) in [5, 5.41) is 10.4. The van der Waals surface area contributed by atoms with Crippen LogP contribution in [0.25, 0.3) is 0 Å². The molecule has 0 bridgehead atoms. The van der Waals surface area contributed by atoms with Crippen molar-refractivity contribution in [3.63, 3.8) is 0 Å². The number of imidazole rings is 1. The van der Waals surface area contributed by atoms with Crippen molar-refractivity contribution in [3.05, 3.63) is 47.8 Å². The number of hydrogen-bond donors (Lipinski definition) is 1. The van der Waals surface area contributed by atoms with Crippen LogP contribution in [0.1, 0.15) is 36.2 Å². The summed E-state index contributed by atoms with van der Waals surface area (Å²) in [6.45, 7) is 0. The molecule has 4 nitrogen and oxygen atoms in total. The van der Waals surface area contributed by atoms with Crippen LogP contribution in [-0.4, -0.2) is 21.8 Å². The van der Waals surface area contributed by atoms with Crippen molar-refractivity contribution in [2.24, 2.45) is 0 Å². The first-order chi connectivity index (χ1) is 9.20. The van der Waals surface area contributed by atoms with E-state index < -0.39 is 11.9 Å². The first-order valence-electron chi connectivity index (χ1n) is 6.24. The summed E-state index contributed by atoms with van der Waals surface area (Å²) in [5.41, 5.74) is 1.20. The number of methoxy groups -OCH3 is 1. The molecule has 100 valence electrons. The molecule has 1 fully saturated rings. The zero-order valence-corrected chi connectivity index (χ0v) is 10.6. The highest BCUT2D eigenvalue weighted by atomic mass is 19.1. The van der Waals surface area contributed by atoms with E-state index in [1.54, 1.807) is 18.6 Å². The fourth-order valence-corrected chi connectivity index (χ4v) is 2.21. The summed E-state index contributed by atoms with van der Waals surface area (Å²) in [4.78, 5) is 4.07. The lowest BCUT2D eigenvalue weighted by atomic mass is 10.1. The second kappa shape index (κ2) is 4.66. The minimum absolute atomic E-state index is 0.173. The average Bonchev–Trinajstić information content (AvgIpc) is 3.15. The third-order valence-corrected chi connectivity index (χ3v) is 3.41. The van der Waals surface area contributed by atoms with E-state index >= 15 is 0 Å². The Bertz CT molecular complexity index is 593. The molecule has 1 atom stereocenters. The monoisotopic (exact) mass is 262 g/mol. The fraction of sp³-hybridized carbons (Fsp3) is 0.357. The number of rotatable bonds is 4. The van der Waals surface area contributed by atoms with Gasteiger partial charge in [0.05, 0.1) is 25.3 Å². The van der Waals surface area contributed by atoms with E-state index in [1.807, 2.05) is 4.57 Å². The van der Waals surface area contributed by atoms with Gasteiger partial charge in [0.2, 0.25) is 0 Å². The molecular weight excluding hydrogens is 247 g/mol. The van der Waals surface area contributed by atoms with Crippen molar-refractivity contribution in [2.45, 2.75) is 25.0 Å². The van der Waals surface area contributed by atoms with Crippen molar-refractivity contribution < 1.29 is 14.2 Å². The fourth-order valence-electron chi connectivity index (χ4n) is 2.21. The summed E-state index contributed by atoms with van der Waals surface area (Å²) in [6.07, 6.45) is 4.69. The molecule has 3 rings (SSSR count). The minimum atomic E-state index is -0.872. The van der Waals surface area contributed by atoms with Crippen LogP contribution >= 0.6 is 0 Å². The number of halogens is 1. The molecule has 0 radical (unpaired) electrons. The zero-order chi connectivity index (χ0) is 13.4. The summed E-state index contributed by atoms with van der Waals surface area (Å²) in [6, 6.07) is 4.91. The number of ether oxygens (including phenoxy) is 1. The number of aromatic nitrogens is 2. The predicted octanol–water partition coefficient (Wildman–Crippen LogP) is 2.45. The lowest BCUT2D eigenvalue weighted by molar-refractivity contribution is 0.209. The standard InChI is InChI=1S/C14H15FN2O2/c1-19-13-5-2-9(6-11(13)15)14(18)12-7-16-8-17(12)10-3-4-10/h2,5-8,10,14,18H,3-4H2,1H3. The van der Waals surface area contributed by atoms with Crippen LogP contribution < -0.4 is 4.74 Å². The third-order valence-electron chi connectivity index (χ3n) is 3.41. The molecule has 1 aromatic carbocycles. The van der Waals surface area contributed by atoms with E-state index in [-0.39, 0.29) is 5.75 Å². The Morgan fingerprint density at radius 2 is 2.26 bits per heavy atom. The Morgan fingerprint density at radius 3 is 2.89 bits per heavy atom. The van der Waals surface area contributed by atoms with Crippen molar-refractivity contribution in [2.75, 3.05) is 7.11 Å². The van der Waals surface area contributed by atoms with Gasteiger partial charge in [-0.25, -0.2) is 9.37 Å². The van der Waals surface area contributed by atoms with Gasteiger partial charge in [0, 0.05) is 6.04 Å². The number of hydrogen-bond acceptors (Lipinski definition) is 3.